The number of hydrogen-bond acceptors (Lipinski definition) is 4. The average molecular weight is 267 g/mol. The lowest BCUT2D eigenvalue weighted by Gasteiger charge is -2.18. The zero-order chi connectivity index (χ0) is 13.1. The summed E-state index contributed by atoms with van der Waals surface area (Å²) in [6.07, 6.45) is 1.46. The molecule has 2 rings (SSSR count). The monoisotopic (exact) mass is 266 g/mol. The van der Waals surface area contributed by atoms with E-state index in [0.717, 1.165) is 5.69 Å². The summed E-state index contributed by atoms with van der Waals surface area (Å²) in [5, 5.41) is 3.02. The molecular formula is C12H12ClFN4. The predicted molar refractivity (Wildman–Crippen MR) is 71.1 cm³/mol. The van der Waals surface area contributed by atoms with E-state index in [-0.39, 0.29) is 5.02 Å². The molecule has 1 heterocycles. The van der Waals surface area contributed by atoms with Gasteiger partial charge in [0.2, 0.25) is 0 Å². The summed E-state index contributed by atoms with van der Waals surface area (Å²) < 4.78 is 13.1. The van der Waals surface area contributed by atoms with Crippen LogP contribution in [-0.2, 0) is 0 Å². The highest BCUT2D eigenvalue weighted by Crippen LogP contribution is 2.26. The molecule has 0 amide bonds. The third-order valence-corrected chi connectivity index (χ3v) is 2.83. The van der Waals surface area contributed by atoms with Gasteiger partial charge in [0.25, 0.3) is 0 Å². The second-order valence-electron chi connectivity index (χ2n) is 3.67. The van der Waals surface area contributed by atoms with Crippen molar-refractivity contribution in [3.63, 3.8) is 0 Å². The summed E-state index contributed by atoms with van der Waals surface area (Å²) in [7, 11) is 3.60. The first-order valence-corrected chi connectivity index (χ1v) is 5.68. The highest BCUT2D eigenvalue weighted by atomic mass is 35.5. The van der Waals surface area contributed by atoms with Crippen molar-refractivity contribution in [3.05, 3.63) is 41.4 Å². The van der Waals surface area contributed by atoms with E-state index in [9.17, 15) is 4.39 Å². The van der Waals surface area contributed by atoms with Crippen molar-refractivity contribution in [1.29, 1.82) is 0 Å². The standard InChI is InChI=1S/C12H12ClFN4/c1-15-11-6-12(17-7-16-11)18(2)8-3-4-10(14)9(13)5-8/h3-7H,1-2H3,(H,15,16,17). The Morgan fingerprint density at radius 1 is 1.28 bits per heavy atom. The maximum atomic E-state index is 13.1. The molecule has 0 bridgehead atoms. The zero-order valence-corrected chi connectivity index (χ0v) is 10.7. The highest BCUT2D eigenvalue weighted by molar-refractivity contribution is 6.31. The van der Waals surface area contributed by atoms with E-state index in [2.05, 4.69) is 15.3 Å². The number of hydrogen-bond donors (Lipinski definition) is 1. The van der Waals surface area contributed by atoms with E-state index in [1.165, 1.54) is 12.4 Å². The lowest BCUT2D eigenvalue weighted by atomic mass is 10.3. The van der Waals surface area contributed by atoms with Crippen molar-refractivity contribution in [1.82, 2.24) is 9.97 Å². The Bertz CT molecular complexity index is 562. The van der Waals surface area contributed by atoms with Crippen molar-refractivity contribution in [2.24, 2.45) is 0 Å². The molecule has 0 aliphatic carbocycles. The largest absolute Gasteiger partial charge is 0.373 e. The molecule has 1 aromatic carbocycles. The van der Waals surface area contributed by atoms with Crippen LogP contribution in [0.4, 0.5) is 21.7 Å². The van der Waals surface area contributed by atoms with Crippen LogP contribution in [0.3, 0.4) is 0 Å². The lowest BCUT2D eigenvalue weighted by molar-refractivity contribution is 0.628. The molecule has 0 spiro atoms. The first-order valence-electron chi connectivity index (χ1n) is 5.30. The Morgan fingerprint density at radius 2 is 2.06 bits per heavy atom. The maximum absolute atomic E-state index is 13.1. The number of benzene rings is 1. The fourth-order valence-electron chi connectivity index (χ4n) is 1.49. The van der Waals surface area contributed by atoms with Gasteiger partial charge in [0.15, 0.2) is 0 Å². The summed E-state index contributed by atoms with van der Waals surface area (Å²) in [5.74, 6) is 0.963. The molecule has 2 aromatic rings. The fourth-order valence-corrected chi connectivity index (χ4v) is 1.67. The van der Waals surface area contributed by atoms with E-state index >= 15 is 0 Å². The average Bonchev–Trinajstić information content (AvgIpc) is 2.41. The molecular weight excluding hydrogens is 255 g/mol. The van der Waals surface area contributed by atoms with Gasteiger partial charge in [-0.3, -0.25) is 0 Å². The molecule has 6 heteroatoms. The summed E-state index contributed by atoms with van der Waals surface area (Å²) in [6.45, 7) is 0. The van der Waals surface area contributed by atoms with Crippen molar-refractivity contribution < 1.29 is 4.39 Å². The van der Waals surface area contributed by atoms with Crippen LogP contribution in [0.2, 0.25) is 5.02 Å². The first-order chi connectivity index (χ1) is 8.61. The number of aromatic nitrogens is 2. The van der Waals surface area contributed by atoms with Crippen molar-refractivity contribution in [2.45, 2.75) is 0 Å². The number of rotatable bonds is 3. The SMILES string of the molecule is CNc1cc(N(C)c2ccc(F)c(Cl)c2)ncn1. The van der Waals surface area contributed by atoms with Crippen molar-refractivity contribution in [3.8, 4) is 0 Å². The Kier molecular flexibility index (Phi) is 3.62. The van der Waals surface area contributed by atoms with Crippen LogP contribution in [0.5, 0.6) is 0 Å². The van der Waals surface area contributed by atoms with Gasteiger partial charge in [0.05, 0.1) is 5.02 Å². The third-order valence-electron chi connectivity index (χ3n) is 2.54. The Labute approximate surface area is 109 Å². The van der Waals surface area contributed by atoms with Gasteiger partial charge in [0, 0.05) is 25.8 Å². The Morgan fingerprint density at radius 3 is 2.72 bits per heavy atom. The Hall–Kier alpha value is -1.88. The predicted octanol–water partition coefficient (Wildman–Crippen LogP) is 3.08. The molecule has 0 unspecified atom stereocenters. The minimum absolute atomic E-state index is 0.0854. The smallest absolute Gasteiger partial charge is 0.141 e. The van der Waals surface area contributed by atoms with Gasteiger partial charge in [-0.05, 0) is 18.2 Å². The number of nitrogens with one attached hydrogen (secondary N) is 1. The van der Waals surface area contributed by atoms with E-state index in [1.807, 2.05) is 7.05 Å². The molecule has 0 aliphatic rings. The van der Waals surface area contributed by atoms with Crippen LogP contribution in [0, 0.1) is 5.82 Å². The van der Waals surface area contributed by atoms with Gasteiger partial charge in [0.1, 0.15) is 23.8 Å². The summed E-state index contributed by atoms with van der Waals surface area (Å²) in [4.78, 5) is 9.98. The van der Waals surface area contributed by atoms with Gasteiger partial charge < -0.3 is 10.2 Å². The summed E-state index contributed by atoms with van der Waals surface area (Å²) in [6, 6.07) is 6.31. The van der Waals surface area contributed by atoms with Crippen LogP contribution < -0.4 is 10.2 Å². The molecule has 94 valence electrons. The number of nitrogens with zero attached hydrogens (tertiary/aromatic N) is 3. The maximum Gasteiger partial charge on any atom is 0.141 e. The van der Waals surface area contributed by atoms with E-state index in [0.29, 0.717) is 11.6 Å². The second kappa shape index (κ2) is 5.18. The molecule has 0 fully saturated rings. The topological polar surface area (TPSA) is 41.0 Å². The quantitative estimate of drug-likeness (QED) is 0.927. The van der Waals surface area contributed by atoms with Crippen molar-refractivity contribution in [2.75, 3.05) is 24.3 Å². The van der Waals surface area contributed by atoms with E-state index in [1.54, 1.807) is 30.1 Å². The normalized spacial score (nSPS) is 10.2. The summed E-state index contributed by atoms with van der Waals surface area (Å²) in [5.41, 5.74) is 0.752. The molecule has 0 saturated carbocycles. The minimum atomic E-state index is -0.438. The van der Waals surface area contributed by atoms with Crippen LogP contribution in [0.1, 0.15) is 0 Å². The van der Waals surface area contributed by atoms with Gasteiger partial charge in [-0.1, -0.05) is 11.6 Å². The van der Waals surface area contributed by atoms with Gasteiger partial charge in [-0.15, -0.1) is 0 Å². The Balaban J connectivity index is 2.34. The van der Waals surface area contributed by atoms with Crippen LogP contribution in [-0.4, -0.2) is 24.1 Å². The van der Waals surface area contributed by atoms with E-state index in [4.69, 9.17) is 11.6 Å². The first kappa shape index (κ1) is 12.6. The number of halogens is 2. The van der Waals surface area contributed by atoms with Gasteiger partial charge in [-0.2, -0.15) is 0 Å². The third kappa shape index (κ3) is 2.51. The van der Waals surface area contributed by atoms with Crippen molar-refractivity contribution >= 4 is 28.9 Å². The lowest BCUT2D eigenvalue weighted by Crippen LogP contribution is -2.12. The van der Waals surface area contributed by atoms with Gasteiger partial charge in [-0.25, -0.2) is 14.4 Å². The van der Waals surface area contributed by atoms with Crippen LogP contribution in [0.25, 0.3) is 0 Å². The fraction of sp³-hybridized carbons (Fsp3) is 0.167. The molecule has 0 atom stereocenters. The van der Waals surface area contributed by atoms with Crippen LogP contribution in [0.15, 0.2) is 30.6 Å². The molecule has 1 aromatic heterocycles. The molecule has 4 nitrogen and oxygen atoms in total. The molecule has 18 heavy (non-hydrogen) atoms. The molecule has 1 N–H and O–H groups in total. The second-order valence-corrected chi connectivity index (χ2v) is 4.08. The number of anilines is 3. The van der Waals surface area contributed by atoms with Crippen LogP contribution >= 0.6 is 11.6 Å². The minimum Gasteiger partial charge on any atom is -0.373 e. The highest BCUT2D eigenvalue weighted by Gasteiger charge is 2.08. The molecule has 0 saturated heterocycles. The van der Waals surface area contributed by atoms with E-state index < -0.39 is 5.82 Å². The zero-order valence-electron chi connectivity index (χ0n) is 9.98. The molecule has 0 aliphatic heterocycles. The molecule has 0 radical (unpaired) electrons. The van der Waals surface area contributed by atoms with Gasteiger partial charge >= 0.3 is 0 Å². The summed E-state index contributed by atoms with van der Waals surface area (Å²) >= 11 is 5.76.